The van der Waals surface area contributed by atoms with Crippen LogP contribution in [0.5, 0.6) is 0 Å². The molecule has 3 aromatic heterocycles. The number of hydrogen-bond donors (Lipinski definition) is 0. The first kappa shape index (κ1) is 21.7. The van der Waals surface area contributed by atoms with Gasteiger partial charge in [0.15, 0.2) is 0 Å². The zero-order chi connectivity index (χ0) is 23.2. The highest BCUT2D eigenvalue weighted by Gasteiger charge is 2.37. The number of carbonyl (C=O) groups excluding carboxylic acids is 1. The largest absolute Gasteiger partial charge is 0.417 e. The number of pyridine rings is 1. The summed E-state index contributed by atoms with van der Waals surface area (Å²) in [7, 11) is 2.41. The highest BCUT2D eigenvalue weighted by Crippen LogP contribution is 2.36. The zero-order valence-electron chi connectivity index (χ0n) is 17.3. The number of likely N-dealkylation sites (tertiary alicyclic amines) is 1. The van der Waals surface area contributed by atoms with Crippen LogP contribution >= 0.6 is 0 Å². The van der Waals surface area contributed by atoms with Crippen molar-refractivity contribution < 1.29 is 18.0 Å². The molecular weight excluding hydrogens is 429 g/mol. The van der Waals surface area contributed by atoms with Crippen molar-refractivity contribution in [3.05, 3.63) is 62.4 Å². The molecule has 0 saturated carbocycles. The zero-order valence-corrected chi connectivity index (χ0v) is 17.3. The summed E-state index contributed by atoms with van der Waals surface area (Å²) in [6.07, 6.45) is 0.165. The number of rotatable bonds is 2. The predicted molar refractivity (Wildman–Crippen MR) is 107 cm³/mol. The first-order valence-corrected chi connectivity index (χ1v) is 9.82. The SMILES string of the molecule is Cn1c(=O)c2c(C(F)(F)F)cc(C3CCN(C(=O)c4cnccn4)CC3)nc2n(C)c1=O. The van der Waals surface area contributed by atoms with Crippen molar-refractivity contribution in [3.63, 3.8) is 0 Å². The normalized spacial score (nSPS) is 15.3. The van der Waals surface area contributed by atoms with Gasteiger partial charge < -0.3 is 4.90 Å². The van der Waals surface area contributed by atoms with E-state index >= 15 is 0 Å². The maximum absolute atomic E-state index is 13.8. The van der Waals surface area contributed by atoms with Crippen molar-refractivity contribution in [2.75, 3.05) is 13.1 Å². The number of fused-ring (bicyclic) bond motifs is 1. The van der Waals surface area contributed by atoms with E-state index in [9.17, 15) is 27.6 Å². The van der Waals surface area contributed by atoms with Gasteiger partial charge in [0, 0.05) is 51.2 Å². The third-order valence-corrected chi connectivity index (χ3v) is 5.72. The number of carbonyl (C=O) groups is 1. The van der Waals surface area contributed by atoms with Crippen LogP contribution in [0, 0.1) is 0 Å². The van der Waals surface area contributed by atoms with Crippen molar-refractivity contribution in [3.8, 4) is 0 Å². The molecule has 12 heteroatoms. The molecule has 1 aliphatic heterocycles. The van der Waals surface area contributed by atoms with Crippen molar-refractivity contribution in [1.82, 2.24) is 29.0 Å². The first-order valence-electron chi connectivity index (χ1n) is 9.82. The molecule has 3 aromatic rings. The van der Waals surface area contributed by atoms with Gasteiger partial charge in [-0.15, -0.1) is 0 Å². The molecule has 0 aromatic carbocycles. The van der Waals surface area contributed by atoms with Crippen LogP contribution in [-0.4, -0.2) is 48.0 Å². The Hall–Kier alpha value is -3.57. The molecule has 0 N–H and O–H groups in total. The molecule has 0 aliphatic carbocycles. The fourth-order valence-electron chi connectivity index (χ4n) is 3.96. The van der Waals surface area contributed by atoms with Crippen molar-refractivity contribution in [2.45, 2.75) is 24.9 Å². The monoisotopic (exact) mass is 448 g/mol. The van der Waals surface area contributed by atoms with Crippen molar-refractivity contribution >= 4 is 16.9 Å². The van der Waals surface area contributed by atoms with Crippen LogP contribution < -0.4 is 11.2 Å². The minimum absolute atomic E-state index is 0.139. The number of aryl methyl sites for hydroxylation is 1. The Kier molecular flexibility index (Phi) is 5.31. The van der Waals surface area contributed by atoms with Crippen LogP contribution in [0.15, 0.2) is 34.2 Å². The Morgan fingerprint density at radius 3 is 2.38 bits per heavy atom. The number of amides is 1. The van der Waals surface area contributed by atoms with E-state index in [0.29, 0.717) is 30.5 Å². The maximum atomic E-state index is 13.8. The summed E-state index contributed by atoms with van der Waals surface area (Å²) in [6, 6.07) is 0.888. The maximum Gasteiger partial charge on any atom is 0.417 e. The number of halogens is 3. The molecule has 0 bridgehead atoms. The summed E-state index contributed by atoms with van der Waals surface area (Å²) in [6.45, 7) is 0.604. The second kappa shape index (κ2) is 7.84. The van der Waals surface area contributed by atoms with Gasteiger partial charge in [-0.05, 0) is 18.9 Å². The van der Waals surface area contributed by atoms with Crippen LogP contribution in [0.2, 0.25) is 0 Å². The molecule has 0 spiro atoms. The predicted octanol–water partition coefficient (Wildman–Crippen LogP) is 1.46. The molecule has 1 fully saturated rings. The highest BCUT2D eigenvalue weighted by molar-refractivity contribution is 5.92. The van der Waals surface area contributed by atoms with Gasteiger partial charge in [0.1, 0.15) is 11.3 Å². The molecule has 0 atom stereocenters. The van der Waals surface area contributed by atoms with E-state index in [1.54, 1.807) is 4.90 Å². The van der Waals surface area contributed by atoms with Crippen LogP contribution in [0.1, 0.15) is 40.5 Å². The molecule has 168 valence electrons. The lowest BCUT2D eigenvalue weighted by molar-refractivity contribution is -0.136. The van der Waals surface area contributed by atoms with Gasteiger partial charge in [-0.3, -0.25) is 23.7 Å². The summed E-state index contributed by atoms with van der Waals surface area (Å²) in [4.78, 5) is 51.0. The Morgan fingerprint density at radius 1 is 1.09 bits per heavy atom. The molecule has 4 heterocycles. The van der Waals surface area contributed by atoms with E-state index in [-0.39, 0.29) is 28.9 Å². The van der Waals surface area contributed by atoms with Crippen LogP contribution in [0.4, 0.5) is 13.2 Å². The summed E-state index contributed by atoms with van der Waals surface area (Å²) in [5, 5.41) is -0.638. The van der Waals surface area contributed by atoms with E-state index < -0.39 is 28.4 Å². The van der Waals surface area contributed by atoms with E-state index in [0.717, 1.165) is 17.7 Å². The van der Waals surface area contributed by atoms with E-state index in [1.807, 2.05) is 0 Å². The Labute approximate surface area is 179 Å². The van der Waals surface area contributed by atoms with Crippen LogP contribution in [-0.2, 0) is 20.3 Å². The number of hydrogen-bond acceptors (Lipinski definition) is 6. The van der Waals surface area contributed by atoms with Crippen molar-refractivity contribution in [1.29, 1.82) is 0 Å². The van der Waals surface area contributed by atoms with Crippen molar-refractivity contribution in [2.24, 2.45) is 14.1 Å². The van der Waals surface area contributed by atoms with E-state index in [4.69, 9.17) is 0 Å². The minimum Gasteiger partial charge on any atom is -0.337 e. The first-order chi connectivity index (χ1) is 15.1. The molecule has 32 heavy (non-hydrogen) atoms. The number of aromatic nitrogens is 5. The van der Waals surface area contributed by atoms with Gasteiger partial charge >= 0.3 is 11.9 Å². The van der Waals surface area contributed by atoms with Gasteiger partial charge in [0.25, 0.3) is 11.5 Å². The standard InChI is InChI=1S/C20H19F3N6O3/c1-27-16-15(18(31)28(2)19(27)32)12(20(21,22)23)9-13(26-16)11-3-7-29(8-4-11)17(30)14-10-24-5-6-25-14/h5-6,9-11H,3-4,7-8H2,1-2H3. The van der Waals surface area contributed by atoms with Gasteiger partial charge in [0.2, 0.25) is 0 Å². The second-order valence-corrected chi connectivity index (χ2v) is 7.65. The quantitative estimate of drug-likeness (QED) is 0.588. The molecule has 9 nitrogen and oxygen atoms in total. The lowest BCUT2D eigenvalue weighted by Gasteiger charge is -2.31. The summed E-state index contributed by atoms with van der Waals surface area (Å²) < 4.78 is 43.1. The Balaban J connectivity index is 1.71. The van der Waals surface area contributed by atoms with E-state index in [2.05, 4.69) is 15.0 Å². The fourth-order valence-corrected chi connectivity index (χ4v) is 3.96. The van der Waals surface area contributed by atoms with Gasteiger partial charge in [0.05, 0.1) is 17.1 Å². The van der Waals surface area contributed by atoms with E-state index in [1.165, 1.54) is 25.6 Å². The Morgan fingerprint density at radius 2 is 1.78 bits per heavy atom. The third kappa shape index (κ3) is 3.65. The molecular formula is C20H19F3N6O3. The van der Waals surface area contributed by atoms with Crippen LogP contribution in [0.3, 0.4) is 0 Å². The molecule has 1 amide bonds. The van der Waals surface area contributed by atoms with Gasteiger partial charge in [-0.1, -0.05) is 0 Å². The average Bonchev–Trinajstić information content (AvgIpc) is 2.80. The summed E-state index contributed by atoms with van der Waals surface area (Å²) >= 11 is 0. The molecule has 1 saturated heterocycles. The lowest BCUT2D eigenvalue weighted by atomic mass is 9.91. The second-order valence-electron chi connectivity index (χ2n) is 7.65. The molecule has 0 unspecified atom stereocenters. The van der Waals surface area contributed by atoms with Crippen LogP contribution in [0.25, 0.3) is 11.0 Å². The Bertz CT molecular complexity index is 1310. The molecule has 1 aliphatic rings. The smallest absolute Gasteiger partial charge is 0.337 e. The van der Waals surface area contributed by atoms with Gasteiger partial charge in [-0.25, -0.2) is 14.8 Å². The summed E-state index contributed by atoms with van der Waals surface area (Å²) in [5.74, 6) is -0.671. The third-order valence-electron chi connectivity index (χ3n) is 5.72. The number of nitrogens with zero attached hydrogens (tertiary/aromatic N) is 6. The number of piperidine rings is 1. The topological polar surface area (TPSA) is 103 Å². The number of alkyl halides is 3. The van der Waals surface area contributed by atoms with Gasteiger partial charge in [-0.2, -0.15) is 13.2 Å². The average molecular weight is 448 g/mol. The summed E-state index contributed by atoms with van der Waals surface area (Å²) in [5.41, 5.74) is -2.89. The highest BCUT2D eigenvalue weighted by atomic mass is 19.4. The molecule has 0 radical (unpaired) electrons. The lowest BCUT2D eigenvalue weighted by Crippen LogP contribution is -2.39. The molecule has 4 rings (SSSR count). The minimum atomic E-state index is -4.80. The fraction of sp³-hybridized carbons (Fsp3) is 0.400.